The van der Waals surface area contributed by atoms with Crippen LogP contribution in [0.2, 0.25) is 0 Å². The summed E-state index contributed by atoms with van der Waals surface area (Å²) in [5.41, 5.74) is -0.199. The summed E-state index contributed by atoms with van der Waals surface area (Å²) in [5, 5.41) is 18.6. The third kappa shape index (κ3) is 8.26. The van der Waals surface area contributed by atoms with Crippen LogP contribution in [0.1, 0.15) is 61.4 Å². The van der Waals surface area contributed by atoms with E-state index in [0.717, 1.165) is 0 Å². The van der Waals surface area contributed by atoms with Crippen LogP contribution in [0.3, 0.4) is 0 Å². The molecule has 1 rings (SSSR count). The van der Waals surface area contributed by atoms with Gasteiger partial charge < -0.3 is 10.2 Å². The number of hydrogen-bond donors (Lipinski definition) is 2. The molecule has 0 atom stereocenters. The molecule has 0 amide bonds. The quantitative estimate of drug-likeness (QED) is 0.336. The number of phenols is 1. The summed E-state index contributed by atoms with van der Waals surface area (Å²) in [6.45, 7) is 1.58. The number of aliphatic carboxylic acids is 1. The molecule has 0 bridgehead atoms. The number of rotatable bonds is 14. The van der Waals surface area contributed by atoms with Gasteiger partial charge in [0.1, 0.15) is 35.3 Å². The van der Waals surface area contributed by atoms with E-state index in [0.29, 0.717) is 0 Å². The predicted octanol–water partition coefficient (Wildman–Crippen LogP) is 1.41. The fourth-order valence-electron chi connectivity index (χ4n) is 2.74. The van der Waals surface area contributed by atoms with E-state index in [-0.39, 0.29) is 23.3 Å². The maximum atomic E-state index is 12.5. The van der Waals surface area contributed by atoms with Crippen LogP contribution in [0.5, 0.6) is 5.75 Å². The van der Waals surface area contributed by atoms with Gasteiger partial charge in [-0.1, -0.05) is 19.1 Å². The van der Waals surface area contributed by atoms with E-state index in [1.807, 2.05) is 0 Å². The van der Waals surface area contributed by atoms with Gasteiger partial charge in [-0.2, -0.15) is 0 Å². The lowest BCUT2D eigenvalue weighted by Gasteiger charge is -2.10. The highest BCUT2D eigenvalue weighted by molar-refractivity contribution is 6.16. The lowest BCUT2D eigenvalue weighted by molar-refractivity contribution is -0.141. The van der Waals surface area contributed by atoms with Gasteiger partial charge in [0.2, 0.25) is 0 Å². The number of benzene rings is 1. The Morgan fingerprint density at radius 1 is 0.733 bits per heavy atom. The lowest BCUT2D eigenvalue weighted by Crippen LogP contribution is -2.18. The molecule has 0 radical (unpaired) electrons. The molecule has 0 heterocycles. The Labute approximate surface area is 172 Å². The standard InChI is InChI=1S/C21H22O9/c1-2-13(22)7-15(24)9-16(25)10-19(28)21-12(4-3-5-18(21)27)6-14(23)8-17(26)11-20(29)30/h3-5,27H,2,6-11H2,1H3,(H,29,30). The molecule has 0 fully saturated rings. The van der Waals surface area contributed by atoms with Gasteiger partial charge in [0.25, 0.3) is 0 Å². The van der Waals surface area contributed by atoms with E-state index < -0.39 is 79.2 Å². The summed E-state index contributed by atoms with van der Waals surface area (Å²) >= 11 is 0. The van der Waals surface area contributed by atoms with Gasteiger partial charge in [-0.3, -0.25) is 33.6 Å². The smallest absolute Gasteiger partial charge is 0.310 e. The lowest BCUT2D eigenvalue weighted by atomic mass is 9.93. The Balaban J connectivity index is 2.85. The van der Waals surface area contributed by atoms with Gasteiger partial charge in [-0.25, -0.2) is 0 Å². The van der Waals surface area contributed by atoms with Crippen molar-refractivity contribution in [3.63, 3.8) is 0 Å². The Morgan fingerprint density at radius 2 is 1.27 bits per heavy atom. The number of carbonyl (C=O) groups is 7. The molecule has 2 N–H and O–H groups in total. The van der Waals surface area contributed by atoms with Gasteiger partial charge >= 0.3 is 5.97 Å². The van der Waals surface area contributed by atoms with Crippen LogP contribution >= 0.6 is 0 Å². The molecule has 9 nitrogen and oxygen atoms in total. The molecule has 0 aliphatic heterocycles. The first-order valence-corrected chi connectivity index (χ1v) is 9.17. The number of phenolic OH excluding ortho intramolecular Hbond substituents is 1. The number of aromatic hydroxyl groups is 1. The second-order valence-corrected chi connectivity index (χ2v) is 6.74. The zero-order chi connectivity index (χ0) is 22.8. The number of ketones is 6. The van der Waals surface area contributed by atoms with Gasteiger partial charge in [0.05, 0.1) is 31.2 Å². The van der Waals surface area contributed by atoms with E-state index in [1.54, 1.807) is 6.92 Å². The minimum absolute atomic E-state index is 0.0772. The number of Topliss-reactive ketones (excluding diaryl/α,β-unsaturated/α-hetero) is 6. The van der Waals surface area contributed by atoms with Gasteiger partial charge in [-0.15, -0.1) is 0 Å². The molecule has 0 spiro atoms. The molecule has 0 saturated heterocycles. The number of hydrogen-bond acceptors (Lipinski definition) is 8. The molecular weight excluding hydrogens is 396 g/mol. The second kappa shape index (κ2) is 11.5. The average molecular weight is 418 g/mol. The summed E-state index contributed by atoms with van der Waals surface area (Å²) < 4.78 is 0. The normalized spacial score (nSPS) is 10.3. The van der Waals surface area contributed by atoms with Crippen molar-refractivity contribution in [3.8, 4) is 5.75 Å². The van der Waals surface area contributed by atoms with Crippen LogP contribution in [0, 0.1) is 0 Å². The summed E-state index contributed by atoms with van der Waals surface area (Å²) in [4.78, 5) is 81.4. The molecule has 30 heavy (non-hydrogen) atoms. The monoisotopic (exact) mass is 418 g/mol. The highest BCUT2D eigenvalue weighted by Crippen LogP contribution is 2.24. The Morgan fingerprint density at radius 3 is 1.87 bits per heavy atom. The van der Waals surface area contributed by atoms with E-state index in [2.05, 4.69) is 0 Å². The third-order valence-corrected chi connectivity index (χ3v) is 4.08. The average Bonchev–Trinajstić information content (AvgIpc) is 2.60. The van der Waals surface area contributed by atoms with Crippen molar-refractivity contribution >= 4 is 40.7 Å². The molecule has 9 heteroatoms. The fraction of sp³-hybridized carbons (Fsp3) is 0.381. The molecule has 0 aliphatic rings. The summed E-state index contributed by atoms with van der Waals surface area (Å²) in [6.07, 6.45) is -3.40. The molecule has 0 unspecified atom stereocenters. The second-order valence-electron chi connectivity index (χ2n) is 6.74. The minimum Gasteiger partial charge on any atom is -0.507 e. The zero-order valence-electron chi connectivity index (χ0n) is 16.4. The fourth-order valence-corrected chi connectivity index (χ4v) is 2.74. The Hall–Kier alpha value is -3.49. The first-order chi connectivity index (χ1) is 14.0. The van der Waals surface area contributed by atoms with Crippen LogP contribution in [-0.2, 0) is 35.2 Å². The van der Waals surface area contributed by atoms with Crippen molar-refractivity contribution in [2.75, 3.05) is 0 Å². The molecule has 0 aliphatic carbocycles. The zero-order valence-corrected chi connectivity index (χ0v) is 16.4. The van der Waals surface area contributed by atoms with E-state index in [1.165, 1.54) is 18.2 Å². The highest BCUT2D eigenvalue weighted by atomic mass is 16.4. The van der Waals surface area contributed by atoms with Gasteiger partial charge in [0, 0.05) is 12.8 Å². The van der Waals surface area contributed by atoms with Crippen LogP contribution in [0.15, 0.2) is 18.2 Å². The molecular formula is C21H22O9. The maximum absolute atomic E-state index is 12.5. The van der Waals surface area contributed by atoms with Crippen molar-refractivity contribution in [1.29, 1.82) is 0 Å². The largest absolute Gasteiger partial charge is 0.507 e. The van der Waals surface area contributed by atoms with Gasteiger partial charge in [-0.05, 0) is 11.6 Å². The van der Waals surface area contributed by atoms with Crippen LogP contribution in [0.4, 0.5) is 0 Å². The van der Waals surface area contributed by atoms with Crippen molar-refractivity contribution in [2.24, 2.45) is 0 Å². The number of carboxylic acid groups (broad SMARTS) is 1. The predicted molar refractivity (Wildman–Crippen MR) is 102 cm³/mol. The first kappa shape index (κ1) is 24.5. The molecule has 0 saturated carbocycles. The molecule has 1 aromatic rings. The number of carboxylic acids is 1. The van der Waals surface area contributed by atoms with Crippen LogP contribution < -0.4 is 0 Å². The van der Waals surface area contributed by atoms with Gasteiger partial charge in [0.15, 0.2) is 11.6 Å². The summed E-state index contributed by atoms with van der Waals surface area (Å²) in [5.74, 6) is -5.76. The Bertz CT molecular complexity index is 896. The van der Waals surface area contributed by atoms with E-state index in [9.17, 15) is 38.7 Å². The SMILES string of the molecule is CCC(=O)CC(=O)CC(=O)CC(=O)c1c(O)cccc1CC(=O)CC(=O)CC(=O)O. The Kier molecular flexibility index (Phi) is 9.41. The van der Waals surface area contributed by atoms with E-state index in [4.69, 9.17) is 5.11 Å². The summed E-state index contributed by atoms with van der Waals surface area (Å²) in [7, 11) is 0. The number of carbonyl (C=O) groups excluding carboxylic acids is 6. The van der Waals surface area contributed by atoms with Crippen molar-refractivity contribution in [1.82, 2.24) is 0 Å². The van der Waals surface area contributed by atoms with Crippen molar-refractivity contribution in [3.05, 3.63) is 29.3 Å². The topological polar surface area (TPSA) is 160 Å². The first-order valence-electron chi connectivity index (χ1n) is 9.17. The molecule has 160 valence electrons. The minimum atomic E-state index is -1.37. The maximum Gasteiger partial charge on any atom is 0.310 e. The van der Waals surface area contributed by atoms with Crippen LogP contribution in [0.25, 0.3) is 0 Å². The van der Waals surface area contributed by atoms with E-state index >= 15 is 0 Å². The highest BCUT2D eigenvalue weighted by Gasteiger charge is 2.23. The molecule has 1 aromatic carbocycles. The van der Waals surface area contributed by atoms with Crippen LogP contribution in [-0.4, -0.2) is 50.9 Å². The van der Waals surface area contributed by atoms with Crippen molar-refractivity contribution in [2.45, 2.75) is 51.9 Å². The summed E-state index contributed by atoms with van der Waals surface area (Å²) in [6, 6.07) is 3.92. The molecule has 0 aromatic heterocycles. The third-order valence-electron chi connectivity index (χ3n) is 4.08. The van der Waals surface area contributed by atoms with Crippen molar-refractivity contribution < 1.29 is 43.8 Å².